The van der Waals surface area contributed by atoms with Crippen molar-refractivity contribution in [3.05, 3.63) is 76.3 Å². The first-order valence-electron chi connectivity index (χ1n) is 7.04. The Kier molecular flexibility index (Phi) is 5.77. The van der Waals surface area contributed by atoms with Crippen LogP contribution in [0.3, 0.4) is 0 Å². The van der Waals surface area contributed by atoms with Gasteiger partial charge in [-0.1, -0.05) is 40.7 Å². The van der Waals surface area contributed by atoms with E-state index in [9.17, 15) is 9.90 Å². The molecule has 2 rings (SSSR count). The van der Waals surface area contributed by atoms with Gasteiger partial charge in [-0.05, 0) is 48.4 Å². The first kappa shape index (κ1) is 17.0. The van der Waals surface area contributed by atoms with Gasteiger partial charge in [0.05, 0.1) is 5.56 Å². The second-order valence-corrected chi connectivity index (χ2v) is 6.09. The summed E-state index contributed by atoms with van der Waals surface area (Å²) in [4.78, 5) is 12.2. The van der Waals surface area contributed by atoms with E-state index in [0.29, 0.717) is 12.4 Å². The topological polar surface area (TPSA) is 46.5 Å². The smallest absolute Gasteiger partial charge is 0.189 e. The maximum Gasteiger partial charge on any atom is 0.189 e. The minimum atomic E-state index is -0.267. The molecule has 0 aliphatic carbocycles. The molecule has 4 heteroatoms. The molecule has 0 fully saturated rings. The summed E-state index contributed by atoms with van der Waals surface area (Å²) in [5.41, 5.74) is 2.02. The minimum Gasteiger partial charge on any atom is -0.507 e. The van der Waals surface area contributed by atoms with Crippen LogP contribution in [0, 0.1) is 0 Å². The third-order valence-electron chi connectivity index (χ3n) is 3.02. The molecule has 0 amide bonds. The van der Waals surface area contributed by atoms with Gasteiger partial charge in [0.2, 0.25) is 0 Å². The molecule has 0 atom stereocenters. The zero-order chi connectivity index (χ0) is 16.8. The van der Waals surface area contributed by atoms with Gasteiger partial charge >= 0.3 is 0 Å². The number of ketones is 1. The first-order chi connectivity index (χ1) is 11.0. The Morgan fingerprint density at radius 1 is 1.26 bits per heavy atom. The number of allylic oxidation sites excluding steroid dienone is 1. The Labute approximate surface area is 144 Å². The molecule has 0 aromatic heterocycles. The lowest BCUT2D eigenvalue weighted by Gasteiger charge is -2.07. The highest BCUT2D eigenvalue weighted by molar-refractivity contribution is 9.10. The van der Waals surface area contributed by atoms with E-state index in [4.69, 9.17) is 4.74 Å². The quantitative estimate of drug-likeness (QED) is 0.440. The van der Waals surface area contributed by atoms with Crippen LogP contribution in [0.2, 0.25) is 0 Å². The number of halogens is 1. The molecule has 2 aromatic rings. The predicted molar refractivity (Wildman–Crippen MR) is 95.9 cm³/mol. The van der Waals surface area contributed by atoms with Crippen LogP contribution in [-0.2, 0) is 0 Å². The molecular formula is C19H17BrO3. The molecule has 0 bridgehead atoms. The first-order valence-corrected chi connectivity index (χ1v) is 7.83. The van der Waals surface area contributed by atoms with Crippen LogP contribution in [0.5, 0.6) is 11.5 Å². The Bertz CT molecular complexity index is 746. The number of benzene rings is 2. The van der Waals surface area contributed by atoms with Crippen molar-refractivity contribution in [2.75, 3.05) is 6.61 Å². The number of aromatic hydroxyl groups is 1. The van der Waals surface area contributed by atoms with E-state index >= 15 is 0 Å². The summed E-state index contributed by atoms with van der Waals surface area (Å²) in [5, 5.41) is 10.00. The van der Waals surface area contributed by atoms with E-state index in [2.05, 4.69) is 22.5 Å². The summed E-state index contributed by atoms with van der Waals surface area (Å²) in [7, 11) is 0. The van der Waals surface area contributed by atoms with Gasteiger partial charge in [0.25, 0.3) is 0 Å². The van der Waals surface area contributed by atoms with Crippen molar-refractivity contribution >= 4 is 27.8 Å². The zero-order valence-corrected chi connectivity index (χ0v) is 14.3. The molecule has 0 saturated carbocycles. The van der Waals surface area contributed by atoms with Crippen LogP contribution in [0.15, 0.2) is 65.2 Å². The third kappa shape index (κ3) is 5.11. The van der Waals surface area contributed by atoms with Crippen LogP contribution in [0.4, 0.5) is 0 Å². The number of carbonyl (C=O) groups is 1. The second kappa shape index (κ2) is 7.79. The fraction of sp³-hybridized carbons (Fsp3) is 0.105. The molecule has 0 aliphatic heterocycles. The van der Waals surface area contributed by atoms with Gasteiger partial charge < -0.3 is 9.84 Å². The van der Waals surface area contributed by atoms with Crippen molar-refractivity contribution < 1.29 is 14.6 Å². The van der Waals surface area contributed by atoms with Crippen molar-refractivity contribution in [3.8, 4) is 11.5 Å². The standard InChI is InChI=1S/C19H17BrO3/c1-13(2)12-23-16-8-9-17(19(22)11-16)18(21)10-5-14-3-6-15(20)7-4-14/h3-11,22H,1,12H2,2H3. The second-order valence-electron chi connectivity index (χ2n) is 5.17. The average Bonchev–Trinajstić information content (AvgIpc) is 2.52. The van der Waals surface area contributed by atoms with Crippen LogP contribution in [0.1, 0.15) is 22.8 Å². The molecule has 0 unspecified atom stereocenters. The Morgan fingerprint density at radius 3 is 2.57 bits per heavy atom. The zero-order valence-electron chi connectivity index (χ0n) is 12.8. The number of rotatable bonds is 6. The average molecular weight is 373 g/mol. The number of ether oxygens (including phenoxy) is 1. The molecule has 1 N–H and O–H groups in total. The summed E-state index contributed by atoms with van der Waals surface area (Å²) < 4.78 is 6.41. The molecule has 0 spiro atoms. The maximum atomic E-state index is 12.2. The van der Waals surface area contributed by atoms with Crippen molar-refractivity contribution in [2.45, 2.75) is 6.92 Å². The van der Waals surface area contributed by atoms with Crippen LogP contribution >= 0.6 is 15.9 Å². The number of hydrogen-bond acceptors (Lipinski definition) is 3. The van der Waals surface area contributed by atoms with Crippen molar-refractivity contribution in [1.82, 2.24) is 0 Å². The summed E-state index contributed by atoms with van der Waals surface area (Å²) in [6.07, 6.45) is 3.15. The van der Waals surface area contributed by atoms with E-state index in [1.165, 1.54) is 12.1 Å². The number of phenolic OH excluding ortho intramolecular Hbond substituents is 1. The molecule has 118 valence electrons. The highest BCUT2D eigenvalue weighted by atomic mass is 79.9. The molecule has 0 aliphatic rings. The van der Waals surface area contributed by atoms with Crippen LogP contribution in [-0.4, -0.2) is 17.5 Å². The van der Waals surface area contributed by atoms with Crippen LogP contribution < -0.4 is 4.74 Å². The molecule has 23 heavy (non-hydrogen) atoms. The van der Waals surface area contributed by atoms with Crippen molar-refractivity contribution in [1.29, 1.82) is 0 Å². The molecular weight excluding hydrogens is 356 g/mol. The van der Waals surface area contributed by atoms with Gasteiger partial charge in [-0.3, -0.25) is 4.79 Å². The van der Waals surface area contributed by atoms with E-state index in [1.807, 2.05) is 31.2 Å². The summed E-state index contributed by atoms with van der Waals surface area (Å²) >= 11 is 3.36. The maximum absolute atomic E-state index is 12.2. The molecule has 3 nitrogen and oxygen atoms in total. The Balaban J connectivity index is 2.09. The lowest BCUT2D eigenvalue weighted by Crippen LogP contribution is -1.99. The van der Waals surface area contributed by atoms with Gasteiger partial charge in [-0.25, -0.2) is 0 Å². The fourth-order valence-corrected chi connectivity index (χ4v) is 2.12. The lowest BCUT2D eigenvalue weighted by molar-refractivity contribution is 0.104. The minimum absolute atomic E-state index is 0.102. The van der Waals surface area contributed by atoms with Crippen molar-refractivity contribution in [2.24, 2.45) is 0 Å². The number of carbonyl (C=O) groups excluding carboxylic acids is 1. The third-order valence-corrected chi connectivity index (χ3v) is 3.55. The molecule has 0 radical (unpaired) electrons. The van der Waals surface area contributed by atoms with Gasteiger partial charge in [0.15, 0.2) is 5.78 Å². The SMILES string of the molecule is C=C(C)COc1ccc(C(=O)C=Cc2ccc(Br)cc2)c(O)c1. The molecule has 0 heterocycles. The van der Waals surface area contributed by atoms with Gasteiger partial charge in [-0.2, -0.15) is 0 Å². The fourth-order valence-electron chi connectivity index (χ4n) is 1.85. The summed E-state index contributed by atoms with van der Waals surface area (Å²) in [6.45, 7) is 5.97. The van der Waals surface area contributed by atoms with Crippen molar-refractivity contribution in [3.63, 3.8) is 0 Å². The van der Waals surface area contributed by atoms with E-state index in [1.54, 1.807) is 18.2 Å². The lowest BCUT2D eigenvalue weighted by atomic mass is 10.1. The van der Waals surface area contributed by atoms with E-state index in [0.717, 1.165) is 15.6 Å². The number of hydrogen-bond donors (Lipinski definition) is 1. The summed E-state index contributed by atoms with van der Waals surface area (Å²) in [6, 6.07) is 12.2. The van der Waals surface area contributed by atoms with Gasteiger partial charge in [0, 0.05) is 10.5 Å². The molecule has 2 aromatic carbocycles. The largest absolute Gasteiger partial charge is 0.507 e. The monoisotopic (exact) mass is 372 g/mol. The van der Waals surface area contributed by atoms with Crippen LogP contribution in [0.25, 0.3) is 6.08 Å². The predicted octanol–water partition coefficient (Wildman–Crippen LogP) is 5.01. The number of phenols is 1. The normalized spacial score (nSPS) is 10.7. The highest BCUT2D eigenvalue weighted by Crippen LogP contribution is 2.25. The summed E-state index contributed by atoms with van der Waals surface area (Å²) in [5.74, 6) is 0.130. The van der Waals surface area contributed by atoms with E-state index < -0.39 is 0 Å². The van der Waals surface area contributed by atoms with Gasteiger partial charge in [-0.15, -0.1) is 0 Å². The Hall–Kier alpha value is -2.33. The highest BCUT2D eigenvalue weighted by Gasteiger charge is 2.09. The Morgan fingerprint density at radius 2 is 1.96 bits per heavy atom. The van der Waals surface area contributed by atoms with E-state index in [-0.39, 0.29) is 17.1 Å². The van der Waals surface area contributed by atoms with Gasteiger partial charge in [0.1, 0.15) is 18.1 Å². The molecule has 0 saturated heterocycles.